The Bertz CT molecular complexity index is 418. The minimum absolute atomic E-state index is 0.678. The van der Waals surface area contributed by atoms with Crippen molar-refractivity contribution in [2.75, 3.05) is 38.1 Å². The van der Waals surface area contributed by atoms with Gasteiger partial charge in [-0.1, -0.05) is 6.07 Å². The van der Waals surface area contributed by atoms with E-state index in [-0.39, 0.29) is 0 Å². The average molecular weight is 261 g/mol. The van der Waals surface area contributed by atoms with E-state index in [9.17, 15) is 5.11 Å². The molecule has 0 spiro atoms. The van der Waals surface area contributed by atoms with Gasteiger partial charge >= 0.3 is 0 Å². The van der Waals surface area contributed by atoms with E-state index in [4.69, 9.17) is 0 Å². The van der Waals surface area contributed by atoms with Crippen LogP contribution in [0.1, 0.15) is 31.2 Å². The van der Waals surface area contributed by atoms with Crippen molar-refractivity contribution >= 4 is 5.82 Å². The molecule has 104 valence electrons. The molecule has 19 heavy (non-hydrogen) atoms. The lowest BCUT2D eigenvalue weighted by molar-refractivity contribution is -0.0205. The van der Waals surface area contributed by atoms with Gasteiger partial charge in [0, 0.05) is 37.9 Å². The highest BCUT2D eigenvalue weighted by molar-refractivity contribution is 5.41. The van der Waals surface area contributed by atoms with E-state index in [0.717, 1.165) is 50.4 Å². The molecule has 1 aromatic rings. The highest BCUT2D eigenvalue weighted by Crippen LogP contribution is 2.32. The van der Waals surface area contributed by atoms with Gasteiger partial charge in [0.2, 0.25) is 0 Å². The van der Waals surface area contributed by atoms with E-state index in [0.29, 0.717) is 0 Å². The van der Waals surface area contributed by atoms with E-state index < -0.39 is 5.60 Å². The largest absolute Gasteiger partial charge is 0.385 e. The van der Waals surface area contributed by atoms with Crippen LogP contribution in [0.4, 0.5) is 5.82 Å². The molecule has 3 heterocycles. The third kappa shape index (κ3) is 2.60. The van der Waals surface area contributed by atoms with Gasteiger partial charge in [0.1, 0.15) is 5.82 Å². The molecule has 3 rings (SSSR count). The van der Waals surface area contributed by atoms with Crippen LogP contribution in [0.3, 0.4) is 0 Å². The van der Waals surface area contributed by atoms with E-state index >= 15 is 0 Å². The molecule has 2 aliphatic rings. The van der Waals surface area contributed by atoms with Gasteiger partial charge in [-0.15, -0.1) is 0 Å². The number of piperidine rings is 1. The standard InChI is InChI=1S/C15H23N3O/c1-17-10-6-15(19,7-11-17)13-4-5-14(16-12-13)18-8-2-3-9-18/h4-5,12,19H,2-3,6-11H2,1H3. The van der Waals surface area contributed by atoms with Crippen LogP contribution in [-0.4, -0.2) is 48.2 Å². The second kappa shape index (κ2) is 5.10. The number of aliphatic hydroxyl groups is 1. The third-order valence-electron chi connectivity index (χ3n) is 4.53. The van der Waals surface area contributed by atoms with E-state index in [1.54, 1.807) is 0 Å². The van der Waals surface area contributed by atoms with Crippen molar-refractivity contribution in [1.29, 1.82) is 0 Å². The van der Waals surface area contributed by atoms with Crippen molar-refractivity contribution in [1.82, 2.24) is 9.88 Å². The maximum absolute atomic E-state index is 10.7. The van der Waals surface area contributed by atoms with Crippen molar-refractivity contribution in [3.63, 3.8) is 0 Å². The monoisotopic (exact) mass is 261 g/mol. The van der Waals surface area contributed by atoms with Crippen molar-refractivity contribution in [2.24, 2.45) is 0 Å². The first-order chi connectivity index (χ1) is 9.17. The van der Waals surface area contributed by atoms with Gasteiger partial charge in [-0.3, -0.25) is 0 Å². The normalized spacial score (nSPS) is 23.8. The molecule has 4 nitrogen and oxygen atoms in total. The fourth-order valence-corrected chi connectivity index (χ4v) is 3.07. The third-order valence-corrected chi connectivity index (χ3v) is 4.53. The fraction of sp³-hybridized carbons (Fsp3) is 0.667. The Morgan fingerprint density at radius 3 is 2.37 bits per heavy atom. The highest BCUT2D eigenvalue weighted by atomic mass is 16.3. The first-order valence-corrected chi connectivity index (χ1v) is 7.30. The first-order valence-electron chi connectivity index (χ1n) is 7.30. The molecular weight excluding hydrogens is 238 g/mol. The molecule has 1 N–H and O–H groups in total. The Hall–Kier alpha value is -1.13. The lowest BCUT2D eigenvalue weighted by atomic mass is 9.85. The minimum atomic E-state index is -0.678. The quantitative estimate of drug-likeness (QED) is 0.877. The second-order valence-corrected chi connectivity index (χ2v) is 5.93. The van der Waals surface area contributed by atoms with E-state index in [2.05, 4.69) is 34.0 Å². The molecule has 2 fully saturated rings. The summed E-state index contributed by atoms with van der Waals surface area (Å²) in [7, 11) is 2.11. The minimum Gasteiger partial charge on any atom is -0.385 e. The van der Waals surface area contributed by atoms with Gasteiger partial charge in [0.15, 0.2) is 0 Å². The van der Waals surface area contributed by atoms with Crippen LogP contribution in [0.15, 0.2) is 18.3 Å². The summed E-state index contributed by atoms with van der Waals surface area (Å²) in [5.41, 5.74) is 0.298. The molecule has 0 aromatic carbocycles. The fourth-order valence-electron chi connectivity index (χ4n) is 3.07. The predicted molar refractivity (Wildman–Crippen MR) is 76.3 cm³/mol. The number of hydrogen-bond donors (Lipinski definition) is 1. The van der Waals surface area contributed by atoms with Gasteiger partial charge in [-0.2, -0.15) is 0 Å². The van der Waals surface area contributed by atoms with E-state index in [1.165, 1.54) is 12.8 Å². The lowest BCUT2D eigenvalue weighted by Gasteiger charge is -2.36. The SMILES string of the molecule is CN1CCC(O)(c2ccc(N3CCCC3)nc2)CC1. The van der Waals surface area contributed by atoms with Crippen LogP contribution in [0.25, 0.3) is 0 Å². The number of hydrogen-bond acceptors (Lipinski definition) is 4. The molecular formula is C15H23N3O. The van der Waals surface area contributed by atoms with Crippen molar-refractivity contribution in [2.45, 2.75) is 31.3 Å². The van der Waals surface area contributed by atoms with Crippen LogP contribution >= 0.6 is 0 Å². The number of nitrogens with zero attached hydrogens (tertiary/aromatic N) is 3. The Balaban J connectivity index is 1.74. The number of rotatable bonds is 2. The molecule has 4 heteroatoms. The zero-order valence-corrected chi connectivity index (χ0v) is 11.7. The maximum atomic E-state index is 10.7. The Kier molecular flexibility index (Phi) is 3.46. The van der Waals surface area contributed by atoms with E-state index in [1.807, 2.05) is 6.20 Å². The number of aromatic nitrogens is 1. The molecule has 2 aliphatic heterocycles. The predicted octanol–water partition coefficient (Wildman–Crippen LogP) is 1.59. The molecule has 0 bridgehead atoms. The topological polar surface area (TPSA) is 39.6 Å². The summed E-state index contributed by atoms with van der Waals surface area (Å²) in [5, 5.41) is 10.7. The van der Waals surface area contributed by atoms with Gasteiger partial charge in [0.05, 0.1) is 5.60 Å². The van der Waals surface area contributed by atoms with Crippen molar-refractivity contribution in [3.8, 4) is 0 Å². The Labute approximate surface area is 115 Å². The summed E-state index contributed by atoms with van der Waals surface area (Å²) >= 11 is 0. The van der Waals surface area contributed by atoms with Crippen LogP contribution in [-0.2, 0) is 5.60 Å². The molecule has 0 unspecified atom stereocenters. The highest BCUT2D eigenvalue weighted by Gasteiger charge is 2.33. The Morgan fingerprint density at radius 2 is 1.79 bits per heavy atom. The summed E-state index contributed by atoms with van der Waals surface area (Å²) in [6, 6.07) is 4.13. The van der Waals surface area contributed by atoms with Gasteiger partial charge in [-0.05, 0) is 38.8 Å². The second-order valence-electron chi connectivity index (χ2n) is 5.93. The molecule has 0 radical (unpaired) electrons. The lowest BCUT2D eigenvalue weighted by Crippen LogP contribution is -2.40. The summed E-state index contributed by atoms with van der Waals surface area (Å²) in [4.78, 5) is 9.14. The first kappa shape index (κ1) is 12.9. The van der Waals surface area contributed by atoms with Crippen LogP contribution in [0.2, 0.25) is 0 Å². The summed E-state index contributed by atoms with van der Waals surface area (Å²) in [5.74, 6) is 1.05. The molecule has 1 aromatic heterocycles. The maximum Gasteiger partial charge on any atom is 0.128 e. The van der Waals surface area contributed by atoms with Crippen molar-refractivity contribution < 1.29 is 5.11 Å². The van der Waals surface area contributed by atoms with Crippen LogP contribution in [0, 0.1) is 0 Å². The summed E-state index contributed by atoms with van der Waals surface area (Å²) in [6.07, 6.45) is 6.00. The summed E-state index contributed by atoms with van der Waals surface area (Å²) < 4.78 is 0. The smallest absolute Gasteiger partial charge is 0.128 e. The molecule has 0 amide bonds. The van der Waals surface area contributed by atoms with Crippen LogP contribution in [0.5, 0.6) is 0 Å². The Morgan fingerprint density at radius 1 is 1.11 bits per heavy atom. The molecule has 0 aliphatic carbocycles. The number of likely N-dealkylation sites (tertiary alicyclic amines) is 1. The number of pyridine rings is 1. The van der Waals surface area contributed by atoms with Gasteiger partial charge in [-0.25, -0.2) is 4.98 Å². The average Bonchev–Trinajstić information content (AvgIpc) is 2.97. The van der Waals surface area contributed by atoms with Crippen molar-refractivity contribution in [3.05, 3.63) is 23.9 Å². The number of anilines is 1. The zero-order chi connectivity index (χ0) is 13.3. The molecule has 2 saturated heterocycles. The van der Waals surface area contributed by atoms with Gasteiger partial charge in [0.25, 0.3) is 0 Å². The summed E-state index contributed by atoms with van der Waals surface area (Å²) in [6.45, 7) is 4.12. The molecule has 0 atom stereocenters. The zero-order valence-electron chi connectivity index (χ0n) is 11.7. The van der Waals surface area contributed by atoms with Gasteiger partial charge < -0.3 is 14.9 Å². The molecule has 0 saturated carbocycles. The van der Waals surface area contributed by atoms with Crippen LogP contribution < -0.4 is 4.90 Å².